The first-order valence-corrected chi connectivity index (χ1v) is 2.83. The lowest BCUT2D eigenvalue weighted by Crippen LogP contribution is -1.85. The molecule has 1 aliphatic rings. The molecule has 4 nitrogen and oxygen atoms in total. The van der Waals surface area contributed by atoms with E-state index in [-0.39, 0.29) is 0 Å². The predicted molar refractivity (Wildman–Crippen MR) is 32.3 cm³/mol. The van der Waals surface area contributed by atoms with Crippen molar-refractivity contribution in [1.82, 2.24) is 0 Å². The second-order valence-corrected chi connectivity index (χ2v) is 1.79. The molecule has 0 aromatic carbocycles. The van der Waals surface area contributed by atoms with E-state index in [4.69, 9.17) is 14.8 Å². The highest BCUT2D eigenvalue weighted by Gasteiger charge is 1.95. The van der Waals surface area contributed by atoms with E-state index in [1.807, 2.05) is 0 Å². The van der Waals surface area contributed by atoms with Crippen LogP contribution in [0.5, 0.6) is 0 Å². The maximum Gasteiger partial charge on any atom is 0.468 e. The Morgan fingerprint density at radius 2 is 1.44 bits per heavy atom. The van der Waals surface area contributed by atoms with E-state index in [2.05, 4.69) is 0 Å². The zero-order valence-corrected chi connectivity index (χ0v) is 5.04. The van der Waals surface area contributed by atoms with Crippen LogP contribution >= 0.6 is 0 Å². The van der Waals surface area contributed by atoms with Crippen LogP contribution < -0.4 is 0 Å². The van der Waals surface area contributed by atoms with Gasteiger partial charge in [-0.1, -0.05) is 25.7 Å². The number of amides is 1. The van der Waals surface area contributed by atoms with E-state index in [9.17, 15) is 0 Å². The standard InChI is InChI=1S/C4H8.CHNO3/c1-2-4-3-1;3-1(4)2-5/h1-4H2;(H,3,4). The van der Waals surface area contributed by atoms with Crippen LogP contribution in [-0.4, -0.2) is 11.2 Å². The van der Waals surface area contributed by atoms with Crippen molar-refractivity contribution in [3.63, 3.8) is 0 Å². The third-order valence-corrected chi connectivity index (χ3v) is 1.08. The van der Waals surface area contributed by atoms with Gasteiger partial charge in [-0.25, -0.2) is 4.79 Å². The van der Waals surface area contributed by atoms with Crippen LogP contribution in [0.1, 0.15) is 25.7 Å². The van der Waals surface area contributed by atoms with Gasteiger partial charge in [0.1, 0.15) is 0 Å². The topological polar surface area (TPSA) is 66.7 Å². The van der Waals surface area contributed by atoms with Crippen LogP contribution in [0.15, 0.2) is 5.18 Å². The van der Waals surface area contributed by atoms with Crippen molar-refractivity contribution < 1.29 is 9.90 Å². The van der Waals surface area contributed by atoms with Gasteiger partial charge in [0.15, 0.2) is 0 Å². The van der Waals surface area contributed by atoms with Crippen LogP contribution in [0.3, 0.4) is 0 Å². The fourth-order valence-corrected chi connectivity index (χ4v) is 0.250. The zero-order chi connectivity index (χ0) is 7.11. The van der Waals surface area contributed by atoms with Crippen LogP contribution in [0.4, 0.5) is 4.79 Å². The van der Waals surface area contributed by atoms with Crippen LogP contribution in [0.2, 0.25) is 0 Å². The molecule has 0 aliphatic heterocycles. The summed E-state index contributed by atoms with van der Waals surface area (Å²) in [5.41, 5.74) is 0. The van der Waals surface area contributed by atoms with Crippen LogP contribution in [0, 0.1) is 4.91 Å². The smallest absolute Gasteiger partial charge is 0.461 e. The van der Waals surface area contributed by atoms with Crippen molar-refractivity contribution in [3.8, 4) is 0 Å². The lowest BCUT2D eigenvalue weighted by molar-refractivity contribution is 0.205. The molecule has 1 N–H and O–H groups in total. The van der Waals surface area contributed by atoms with Crippen molar-refractivity contribution in [2.75, 3.05) is 0 Å². The number of hydrogen-bond acceptors (Lipinski definition) is 2. The monoisotopic (exact) mass is 131 g/mol. The summed E-state index contributed by atoms with van der Waals surface area (Å²) in [5, 5.41) is 8.80. The first-order valence-electron chi connectivity index (χ1n) is 2.83. The van der Waals surface area contributed by atoms with Gasteiger partial charge in [-0.2, -0.15) is 0 Å². The molecule has 0 atom stereocenters. The Morgan fingerprint density at radius 1 is 1.22 bits per heavy atom. The third kappa shape index (κ3) is 7.07. The van der Waals surface area contributed by atoms with Crippen molar-refractivity contribution >= 4 is 6.09 Å². The average Bonchev–Trinajstić information content (AvgIpc) is 1.61. The van der Waals surface area contributed by atoms with Gasteiger partial charge in [-0.05, 0) is 0 Å². The number of rotatable bonds is 0. The molecule has 0 heterocycles. The summed E-state index contributed by atoms with van der Waals surface area (Å²) < 4.78 is 0. The van der Waals surface area contributed by atoms with E-state index in [1.165, 1.54) is 25.7 Å². The summed E-state index contributed by atoms with van der Waals surface area (Å²) in [5.74, 6) is 0. The lowest BCUT2D eigenvalue weighted by atomic mass is 10.0. The Morgan fingerprint density at radius 3 is 1.44 bits per heavy atom. The SMILES string of the molecule is C1CCC1.O=NC(=O)O. The summed E-state index contributed by atoms with van der Waals surface area (Å²) in [6, 6.07) is 0. The van der Waals surface area contributed by atoms with Crippen LogP contribution in [-0.2, 0) is 0 Å². The molecule has 1 fully saturated rings. The van der Waals surface area contributed by atoms with Gasteiger partial charge >= 0.3 is 6.09 Å². The second kappa shape index (κ2) is 5.21. The molecular formula is C5H9NO3. The quantitative estimate of drug-likeness (QED) is 0.511. The Bertz CT molecular complexity index is 94.4. The second-order valence-electron chi connectivity index (χ2n) is 1.79. The highest BCUT2D eigenvalue weighted by molar-refractivity contribution is 5.64. The van der Waals surface area contributed by atoms with Crippen molar-refractivity contribution in [1.29, 1.82) is 0 Å². The van der Waals surface area contributed by atoms with Crippen molar-refractivity contribution in [3.05, 3.63) is 4.91 Å². The molecular weight excluding hydrogens is 122 g/mol. The van der Waals surface area contributed by atoms with Gasteiger partial charge < -0.3 is 5.11 Å². The van der Waals surface area contributed by atoms with E-state index in [0.717, 1.165) is 0 Å². The minimum absolute atomic E-state index is 1.50. The molecule has 0 aromatic rings. The molecule has 1 amide bonds. The molecule has 1 rings (SSSR count). The normalized spacial score (nSPS) is 14.2. The summed E-state index contributed by atoms with van der Waals surface area (Å²) in [6.45, 7) is 0. The van der Waals surface area contributed by atoms with Gasteiger partial charge in [0, 0.05) is 0 Å². The summed E-state index contributed by atoms with van der Waals surface area (Å²) in [6.07, 6.45) is 4.32. The number of nitroso groups, excluding NO2 is 1. The number of carboxylic acid groups (broad SMARTS) is 1. The molecule has 52 valence electrons. The molecule has 0 unspecified atom stereocenters. The molecule has 4 heteroatoms. The maximum absolute atomic E-state index is 8.89. The predicted octanol–water partition coefficient (Wildman–Crippen LogP) is 1.99. The lowest BCUT2D eigenvalue weighted by Gasteiger charge is -2.05. The highest BCUT2D eigenvalue weighted by Crippen LogP contribution is 2.15. The maximum atomic E-state index is 8.89. The molecule has 9 heavy (non-hydrogen) atoms. The summed E-state index contributed by atoms with van der Waals surface area (Å²) in [4.78, 5) is 17.5. The first-order chi connectivity index (χ1) is 4.27. The van der Waals surface area contributed by atoms with Crippen LogP contribution in [0.25, 0.3) is 0 Å². The van der Waals surface area contributed by atoms with E-state index >= 15 is 0 Å². The number of nitrogens with zero attached hydrogens (tertiary/aromatic N) is 1. The summed E-state index contributed by atoms with van der Waals surface area (Å²) in [7, 11) is 0. The van der Waals surface area contributed by atoms with Gasteiger partial charge in [-0.3, -0.25) is 0 Å². The van der Waals surface area contributed by atoms with Gasteiger partial charge in [0.2, 0.25) is 0 Å². The zero-order valence-electron chi connectivity index (χ0n) is 5.04. The average molecular weight is 131 g/mol. The molecule has 1 aliphatic carbocycles. The van der Waals surface area contributed by atoms with Gasteiger partial charge in [-0.15, -0.1) is 4.91 Å². The van der Waals surface area contributed by atoms with Crippen molar-refractivity contribution in [2.45, 2.75) is 25.7 Å². The first kappa shape index (κ1) is 8.07. The number of hydrogen-bond donors (Lipinski definition) is 1. The third-order valence-electron chi connectivity index (χ3n) is 1.08. The summed E-state index contributed by atoms with van der Waals surface area (Å²) >= 11 is 0. The molecule has 1 saturated carbocycles. The van der Waals surface area contributed by atoms with E-state index in [0.29, 0.717) is 0 Å². The molecule has 0 aromatic heterocycles. The Labute approximate surface area is 52.8 Å². The minimum Gasteiger partial charge on any atom is -0.461 e. The fourth-order valence-electron chi connectivity index (χ4n) is 0.250. The largest absolute Gasteiger partial charge is 0.468 e. The van der Waals surface area contributed by atoms with Gasteiger partial charge in [0.25, 0.3) is 0 Å². The van der Waals surface area contributed by atoms with E-state index < -0.39 is 6.09 Å². The molecule has 0 bridgehead atoms. The fraction of sp³-hybridized carbons (Fsp3) is 0.800. The Kier molecular flexibility index (Phi) is 4.67. The Balaban J connectivity index is 0.000000144. The minimum atomic E-state index is -1.68. The molecule has 0 saturated heterocycles. The highest BCUT2D eigenvalue weighted by atomic mass is 16.4. The van der Waals surface area contributed by atoms with Gasteiger partial charge in [0.05, 0.1) is 5.18 Å². The Hall–Kier alpha value is -0.930. The van der Waals surface area contributed by atoms with Crippen molar-refractivity contribution in [2.24, 2.45) is 5.18 Å². The number of carbonyl (C=O) groups is 1. The molecule has 0 radical (unpaired) electrons. The van der Waals surface area contributed by atoms with E-state index in [1.54, 1.807) is 5.18 Å². The molecule has 0 spiro atoms.